The molecule has 5 N–H and O–H groups in total. The summed E-state index contributed by atoms with van der Waals surface area (Å²) >= 11 is 0. The number of nitrogens with two attached hydrogens (primary N) is 1. The summed E-state index contributed by atoms with van der Waals surface area (Å²) in [5, 5.41) is 19.5. The molecular formula is C10H15N5O. The van der Waals surface area contributed by atoms with Crippen LogP contribution < -0.4 is 11.1 Å². The van der Waals surface area contributed by atoms with Gasteiger partial charge in [-0.25, -0.2) is 9.97 Å². The van der Waals surface area contributed by atoms with E-state index in [-0.39, 0.29) is 12.4 Å². The number of rotatable bonds is 4. The van der Waals surface area contributed by atoms with Crippen molar-refractivity contribution in [3.05, 3.63) is 18.1 Å². The fourth-order valence-electron chi connectivity index (χ4n) is 1.84. The summed E-state index contributed by atoms with van der Waals surface area (Å²) in [6, 6.07) is 0.298. The number of aliphatic hydroxyl groups excluding tert-OH is 1. The van der Waals surface area contributed by atoms with E-state index < -0.39 is 0 Å². The number of amidine groups is 1. The Labute approximate surface area is 93.4 Å². The first-order valence-corrected chi connectivity index (χ1v) is 5.23. The molecule has 6 nitrogen and oxygen atoms in total. The zero-order valence-corrected chi connectivity index (χ0v) is 8.85. The lowest BCUT2D eigenvalue weighted by atomic mass is 9.81. The Morgan fingerprint density at radius 3 is 2.81 bits per heavy atom. The second-order valence-electron chi connectivity index (χ2n) is 4.03. The lowest BCUT2D eigenvalue weighted by Crippen LogP contribution is -2.38. The second kappa shape index (κ2) is 4.44. The van der Waals surface area contributed by atoms with Crippen molar-refractivity contribution < 1.29 is 5.11 Å². The van der Waals surface area contributed by atoms with Gasteiger partial charge in [-0.1, -0.05) is 0 Å². The van der Waals surface area contributed by atoms with E-state index in [0.29, 0.717) is 23.5 Å². The van der Waals surface area contributed by atoms with E-state index in [1.165, 1.54) is 6.20 Å². The van der Waals surface area contributed by atoms with Gasteiger partial charge >= 0.3 is 0 Å². The largest absolute Gasteiger partial charge is 0.396 e. The molecule has 0 saturated heterocycles. The van der Waals surface area contributed by atoms with Gasteiger partial charge in [-0.3, -0.25) is 5.41 Å². The van der Waals surface area contributed by atoms with E-state index >= 15 is 0 Å². The highest BCUT2D eigenvalue weighted by molar-refractivity contribution is 5.97. The summed E-state index contributed by atoms with van der Waals surface area (Å²) in [6.45, 7) is 0.234. The first kappa shape index (κ1) is 10.8. The summed E-state index contributed by atoms with van der Waals surface area (Å²) in [5.74, 6) is 0.847. The Kier molecular flexibility index (Phi) is 3.00. The molecule has 1 heterocycles. The van der Waals surface area contributed by atoms with Crippen LogP contribution in [0.4, 0.5) is 5.82 Å². The molecule has 0 aromatic carbocycles. The SMILES string of the molecule is N=C(N)c1nccnc1NC1CC(CO)C1. The van der Waals surface area contributed by atoms with Crippen molar-refractivity contribution in [2.75, 3.05) is 11.9 Å². The van der Waals surface area contributed by atoms with Crippen LogP contribution in [0.1, 0.15) is 18.5 Å². The Hall–Kier alpha value is -1.69. The van der Waals surface area contributed by atoms with Crippen LogP contribution in [0, 0.1) is 11.3 Å². The molecule has 0 amide bonds. The van der Waals surface area contributed by atoms with Crippen LogP contribution in [-0.4, -0.2) is 33.6 Å². The number of hydrogen-bond donors (Lipinski definition) is 4. The number of anilines is 1. The molecule has 1 saturated carbocycles. The summed E-state index contributed by atoms with van der Waals surface area (Å²) in [5.41, 5.74) is 5.79. The molecule has 0 unspecified atom stereocenters. The third-order valence-corrected chi connectivity index (χ3v) is 2.79. The number of nitrogen functional groups attached to an aromatic ring is 1. The minimum absolute atomic E-state index is 0.0892. The molecule has 16 heavy (non-hydrogen) atoms. The molecule has 2 rings (SSSR count). The highest BCUT2D eigenvalue weighted by atomic mass is 16.3. The van der Waals surface area contributed by atoms with Gasteiger partial charge in [0.25, 0.3) is 0 Å². The number of hydrogen-bond acceptors (Lipinski definition) is 5. The van der Waals surface area contributed by atoms with Gasteiger partial charge in [0, 0.05) is 25.0 Å². The van der Waals surface area contributed by atoms with Gasteiger partial charge in [0.05, 0.1) is 0 Å². The monoisotopic (exact) mass is 221 g/mol. The Morgan fingerprint density at radius 2 is 2.19 bits per heavy atom. The predicted octanol–water partition coefficient (Wildman–Crippen LogP) is -0.0565. The van der Waals surface area contributed by atoms with Crippen LogP contribution in [-0.2, 0) is 0 Å². The number of aromatic nitrogens is 2. The fraction of sp³-hybridized carbons (Fsp3) is 0.500. The standard InChI is InChI=1S/C10H15N5O/c11-9(12)8-10(14-2-1-13-8)15-7-3-6(4-7)5-16/h1-2,6-7,16H,3-5H2,(H3,11,12)(H,14,15). The van der Waals surface area contributed by atoms with Crippen molar-refractivity contribution in [2.45, 2.75) is 18.9 Å². The maximum atomic E-state index is 8.90. The normalized spacial score (nSPS) is 23.6. The number of nitrogens with zero attached hydrogens (tertiary/aromatic N) is 2. The van der Waals surface area contributed by atoms with Crippen molar-refractivity contribution >= 4 is 11.7 Å². The molecule has 0 spiro atoms. The van der Waals surface area contributed by atoms with Crippen molar-refractivity contribution in [1.29, 1.82) is 5.41 Å². The summed E-state index contributed by atoms with van der Waals surface area (Å²) in [7, 11) is 0. The van der Waals surface area contributed by atoms with Crippen LogP contribution in [0.3, 0.4) is 0 Å². The quantitative estimate of drug-likeness (QED) is 0.421. The molecule has 86 valence electrons. The summed E-state index contributed by atoms with van der Waals surface area (Å²) in [6.07, 6.45) is 4.92. The molecule has 0 radical (unpaired) electrons. The van der Waals surface area contributed by atoms with Crippen molar-refractivity contribution in [1.82, 2.24) is 9.97 Å². The van der Waals surface area contributed by atoms with Gasteiger partial charge in [-0.2, -0.15) is 0 Å². The van der Waals surface area contributed by atoms with Crippen LogP contribution in [0.2, 0.25) is 0 Å². The van der Waals surface area contributed by atoms with Crippen molar-refractivity contribution in [3.8, 4) is 0 Å². The minimum atomic E-state index is -0.0892. The molecule has 1 aliphatic carbocycles. The molecule has 0 aliphatic heterocycles. The highest BCUT2D eigenvalue weighted by Gasteiger charge is 2.29. The minimum Gasteiger partial charge on any atom is -0.396 e. The first-order chi connectivity index (χ1) is 7.70. The van der Waals surface area contributed by atoms with E-state index in [4.69, 9.17) is 16.2 Å². The van der Waals surface area contributed by atoms with Gasteiger partial charge in [0.1, 0.15) is 11.5 Å². The Bertz CT molecular complexity index is 389. The van der Waals surface area contributed by atoms with Crippen LogP contribution in [0.5, 0.6) is 0 Å². The topological polar surface area (TPSA) is 108 Å². The number of nitrogens with one attached hydrogen (secondary N) is 2. The van der Waals surface area contributed by atoms with Crippen LogP contribution >= 0.6 is 0 Å². The van der Waals surface area contributed by atoms with Crippen molar-refractivity contribution in [3.63, 3.8) is 0 Å². The zero-order chi connectivity index (χ0) is 11.5. The molecule has 0 bridgehead atoms. The third kappa shape index (κ3) is 2.11. The number of aliphatic hydroxyl groups is 1. The molecular weight excluding hydrogens is 206 g/mol. The molecule has 1 aromatic rings. The lowest BCUT2D eigenvalue weighted by Gasteiger charge is -2.35. The fourth-order valence-corrected chi connectivity index (χ4v) is 1.84. The highest BCUT2D eigenvalue weighted by Crippen LogP contribution is 2.29. The average molecular weight is 221 g/mol. The Balaban J connectivity index is 2.02. The van der Waals surface area contributed by atoms with Gasteiger partial charge in [-0.15, -0.1) is 0 Å². The Morgan fingerprint density at radius 1 is 1.50 bits per heavy atom. The lowest BCUT2D eigenvalue weighted by molar-refractivity contribution is 0.151. The van der Waals surface area contributed by atoms with E-state index in [9.17, 15) is 0 Å². The van der Waals surface area contributed by atoms with E-state index in [2.05, 4.69) is 15.3 Å². The van der Waals surface area contributed by atoms with Crippen molar-refractivity contribution in [2.24, 2.45) is 11.7 Å². The molecule has 1 aromatic heterocycles. The maximum absolute atomic E-state index is 8.90. The van der Waals surface area contributed by atoms with Gasteiger partial charge in [0.2, 0.25) is 0 Å². The summed E-state index contributed by atoms with van der Waals surface area (Å²) < 4.78 is 0. The molecule has 1 aliphatic rings. The third-order valence-electron chi connectivity index (χ3n) is 2.79. The van der Waals surface area contributed by atoms with E-state index in [0.717, 1.165) is 12.8 Å². The van der Waals surface area contributed by atoms with Gasteiger partial charge in [-0.05, 0) is 18.8 Å². The zero-order valence-electron chi connectivity index (χ0n) is 8.85. The molecule has 0 atom stereocenters. The second-order valence-corrected chi connectivity index (χ2v) is 4.03. The van der Waals surface area contributed by atoms with Gasteiger partial charge in [0.15, 0.2) is 5.82 Å². The predicted molar refractivity (Wildman–Crippen MR) is 60.3 cm³/mol. The first-order valence-electron chi connectivity index (χ1n) is 5.23. The summed E-state index contributed by atoms with van der Waals surface area (Å²) in [4.78, 5) is 8.12. The van der Waals surface area contributed by atoms with E-state index in [1.54, 1.807) is 6.20 Å². The molecule has 1 fully saturated rings. The van der Waals surface area contributed by atoms with Crippen LogP contribution in [0.25, 0.3) is 0 Å². The maximum Gasteiger partial charge on any atom is 0.155 e. The van der Waals surface area contributed by atoms with Gasteiger partial charge < -0.3 is 16.2 Å². The van der Waals surface area contributed by atoms with Crippen LogP contribution in [0.15, 0.2) is 12.4 Å². The average Bonchev–Trinajstić information content (AvgIpc) is 2.23. The molecule has 6 heteroatoms. The smallest absolute Gasteiger partial charge is 0.155 e. The van der Waals surface area contributed by atoms with E-state index in [1.807, 2.05) is 0 Å².